The Kier molecular flexibility index (Phi) is 4.66. The van der Waals surface area contributed by atoms with Gasteiger partial charge in [-0.3, -0.25) is 5.01 Å². The first-order valence-corrected chi connectivity index (χ1v) is 9.00. The molecule has 3 aromatic rings. The number of rotatable bonds is 3. The Morgan fingerprint density at radius 2 is 1.65 bits per heavy atom. The van der Waals surface area contributed by atoms with E-state index in [1.807, 2.05) is 29.3 Å². The lowest BCUT2D eigenvalue weighted by molar-refractivity contribution is 0.627. The van der Waals surface area contributed by atoms with Gasteiger partial charge >= 0.3 is 0 Å². The molecule has 0 bridgehead atoms. The first-order chi connectivity index (χ1) is 12.6. The molecule has 130 valence electrons. The Morgan fingerprint density at radius 3 is 2.38 bits per heavy atom. The van der Waals surface area contributed by atoms with Crippen LogP contribution in [0.3, 0.4) is 0 Å². The summed E-state index contributed by atoms with van der Waals surface area (Å²) in [7, 11) is 0. The van der Waals surface area contributed by atoms with Crippen molar-refractivity contribution in [3.8, 4) is 0 Å². The van der Waals surface area contributed by atoms with Crippen LogP contribution in [0.5, 0.6) is 0 Å². The molecule has 0 aliphatic carbocycles. The molecule has 0 amide bonds. The lowest BCUT2D eigenvalue weighted by atomic mass is 9.98. The van der Waals surface area contributed by atoms with Crippen LogP contribution in [0.25, 0.3) is 0 Å². The molecule has 1 aliphatic heterocycles. The van der Waals surface area contributed by atoms with Gasteiger partial charge in [0, 0.05) is 11.4 Å². The molecule has 1 unspecified atom stereocenters. The van der Waals surface area contributed by atoms with E-state index >= 15 is 0 Å². The molecule has 0 aromatic heterocycles. The molecule has 2 nitrogen and oxygen atoms in total. The SMILES string of the molecule is Fc1ccc(C2=NN(c3cc(Cl)ccc3Cl)C(c3ccccc3)C2)cc1. The van der Waals surface area contributed by atoms with Crippen LogP contribution in [-0.2, 0) is 0 Å². The highest BCUT2D eigenvalue weighted by Crippen LogP contribution is 2.40. The minimum atomic E-state index is -0.262. The Morgan fingerprint density at radius 1 is 0.923 bits per heavy atom. The van der Waals surface area contributed by atoms with E-state index in [9.17, 15) is 4.39 Å². The van der Waals surface area contributed by atoms with Crippen molar-refractivity contribution in [1.82, 2.24) is 0 Å². The quantitative estimate of drug-likeness (QED) is 0.503. The number of hydrogen-bond donors (Lipinski definition) is 0. The summed E-state index contributed by atoms with van der Waals surface area (Å²) in [5, 5.41) is 7.89. The number of nitrogens with zero attached hydrogens (tertiary/aromatic N) is 2. The summed E-state index contributed by atoms with van der Waals surface area (Å²) in [6, 6.07) is 21.9. The molecule has 0 N–H and O–H groups in total. The van der Waals surface area contributed by atoms with Gasteiger partial charge in [0.25, 0.3) is 0 Å². The fourth-order valence-electron chi connectivity index (χ4n) is 3.15. The lowest BCUT2D eigenvalue weighted by Gasteiger charge is -2.25. The van der Waals surface area contributed by atoms with E-state index in [0.717, 1.165) is 22.5 Å². The molecular formula is C21H15Cl2FN2. The van der Waals surface area contributed by atoms with E-state index in [0.29, 0.717) is 16.5 Å². The summed E-state index contributed by atoms with van der Waals surface area (Å²) < 4.78 is 13.3. The molecule has 26 heavy (non-hydrogen) atoms. The third-order valence-corrected chi connectivity index (χ3v) is 4.98. The van der Waals surface area contributed by atoms with E-state index in [1.54, 1.807) is 24.3 Å². The minimum absolute atomic E-state index is 0.00720. The van der Waals surface area contributed by atoms with Crippen LogP contribution < -0.4 is 5.01 Å². The van der Waals surface area contributed by atoms with E-state index in [-0.39, 0.29) is 11.9 Å². The van der Waals surface area contributed by atoms with E-state index < -0.39 is 0 Å². The fraction of sp³-hybridized carbons (Fsp3) is 0.0952. The van der Waals surface area contributed by atoms with Crippen molar-refractivity contribution in [2.75, 3.05) is 5.01 Å². The molecular weight excluding hydrogens is 370 g/mol. The van der Waals surface area contributed by atoms with Gasteiger partial charge in [0.2, 0.25) is 0 Å². The molecule has 1 atom stereocenters. The van der Waals surface area contributed by atoms with Crippen LogP contribution in [0.4, 0.5) is 10.1 Å². The minimum Gasteiger partial charge on any atom is -0.256 e. The van der Waals surface area contributed by atoms with Crippen LogP contribution in [0.15, 0.2) is 77.9 Å². The summed E-state index contributed by atoms with van der Waals surface area (Å²) in [6.07, 6.45) is 0.693. The Labute approximate surface area is 161 Å². The molecule has 1 heterocycles. The Balaban J connectivity index is 1.79. The van der Waals surface area contributed by atoms with Crippen molar-refractivity contribution in [3.05, 3.63) is 99.8 Å². The van der Waals surface area contributed by atoms with Crippen LogP contribution in [-0.4, -0.2) is 5.71 Å². The molecule has 0 spiro atoms. The van der Waals surface area contributed by atoms with Gasteiger partial charge < -0.3 is 0 Å². The maximum Gasteiger partial charge on any atom is 0.123 e. The highest BCUT2D eigenvalue weighted by molar-refractivity contribution is 6.35. The van der Waals surface area contributed by atoms with Crippen molar-refractivity contribution in [3.63, 3.8) is 0 Å². The summed E-state index contributed by atoms with van der Waals surface area (Å²) in [5.74, 6) is -0.262. The predicted molar refractivity (Wildman–Crippen MR) is 106 cm³/mol. The van der Waals surface area contributed by atoms with Gasteiger partial charge in [-0.25, -0.2) is 4.39 Å². The second kappa shape index (κ2) is 7.10. The van der Waals surface area contributed by atoms with E-state index in [4.69, 9.17) is 28.3 Å². The van der Waals surface area contributed by atoms with Crippen LogP contribution in [0, 0.1) is 5.82 Å². The monoisotopic (exact) mass is 384 g/mol. The third-order valence-electron chi connectivity index (χ3n) is 4.43. The number of anilines is 1. The van der Waals surface area contributed by atoms with Crippen molar-refractivity contribution < 1.29 is 4.39 Å². The standard InChI is InChI=1S/C21H15Cl2FN2/c22-16-8-11-18(23)21(12-16)26-20(15-4-2-1-3-5-15)13-19(25-26)14-6-9-17(24)10-7-14/h1-12,20H,13H2. The first kappa shape index (κ1) is 17.1. The zero-order chi connectivity index (χ0) is 18.1. The van der Waals surface area contributed by atoms with Gasteiger partial charge in [-0.15, -0.1) is 0 Å². The number of halogens is 3. The highest BCUT2D eigenvalue weighted by atomic mass is 35.5. The Hall–Kier alpha value is -2.36. The molecule has 3 aromatic carbocycles. The molecule has 0 fully saturated rings. The summed E-state index contributed by atoms with van der Waals surface area (Å²) >= 11 is 12.6. The highest BCUT2D eigenvalue weighted by Gasteiger charge is 2.31. The maximum atomic E-state index is 13.3. The molecule has 0 saturated carbocycles. The van der Waals surface area contributed by atoms with Crippen LogP contribution in [0.2, 0.25) is 10.0 Å². The van der Waals surface area contributed by atoms with Gasteiger partial charge in [0.05, 0.1) is 22.5 Å². The number of benzene rings is 3. The summed E-state index contributed by atoms with van der Waals surface area (Å²) in [6.45, 7) is 0. The first-order valence-electron chi connectivity index (χ1n) is 8.24. The predicted octanol–water partition coefficient (Wildman–Crippen LogP) is 6.49. The Bertz CT molecular complexity index is 956. The fourth-order valence-corrected chi connectivity index (χ4v) is 3.52. The topological polar surface area (TPSA) is 15.6 Å². The second-order valence-corrected chi connectivity index (χ2v) is 6.97. The van der Waals surface area contributed by atoms with Gasteiger partial charge in [-0.1, -0.05) is 65.7 Å². The molecule has 0 saturated heterocycles. The van der Waals surface area contributed by atoms with E-state index in [1.165, 1.54) is 12.1 Å². The van der Waals surface area contributed by atoms with Crippen molar-refractivity contribution in [2.24, 2.45) is 5.10 Å². The maximum absolute atomic E-state index is 13.3. The average molecular weight is 385 g/mol. The summed E-state index contributed by atoms with van der Waals surface area (Å²) in [4.78, 5) is 0. The molecule has 5 heteroatoms. The largest absolute Gasteiger partial charge is 0.256 e. The number of hydrogen-bond acceptors (Lipinski definition) is 2. The average Bonchev–Trinajstić information content (AvgIpc) is 3.10. The zero-order valence-electron chi connectivity index (χ0n) is 13.7. The normalized spacial score (nSPS) is 16.7. The van der Waals surface area contributed by atoms with Crippen molar-refractivity contribution >= 4 is 34.6 Å². The van der Waals surface area contributed by atoms with Gasteiger partial charge in [-0.2, -0.15) is 5.10 Å². The molecule has 4 rings (SSSR count). The van der Waals surface area contributed by atoms with Crippen molar-refractivity contribution in [2.45, 2.75) is 12.5 Å². The zero-order valence-corrected chi connectivity index (χ0v) is 15.3. The summed E-state index contributed by atoms with van der Waals surface area (Å²) in [5.41, 5.74) is 3.66. The van der Waals surface area contributed by atoms with Gasteiger partial charge in [-0.05, 0) is 41.5 Å². The van der Waals surface area contributed by atoms with Gasteiger partial charge in [0.1, 0.15) is 5.82 Å². The second-order valence-electron chi connectivity index (χ2n) is 6.12. The third kappa shape index (κ3) is 3.33. The smallest absolute Gasteiger partial charge is 0.123 e. The molecule has 0 radical (unpaired) electrons. The van der Waals surface area contributed by atoms with Crippen LogP contribution in [0.1, 0.15) is 23.6 Å². The lowest BCUT2D eigenvalue weighted by Crippen LogP contribution is -2.18. The molecule has 1 aliphatic rings. The van der Waals surface area contributed by atoms with Crippen LogP contribution >= 0.6 is 23.2 Å². The number of hydrazone groups is 1. The van der Waals surface area contributed by atoms with E-state index in [2.05, 4.69) is 12.1 Å². The van der Waals surface area contributed by atoms with Gasteiger partial charge in [0.15, 0.2) is 0 Å². The van der Waals surface area contributed by atoms with Crippen molar-refractivity contribution in [1.29, 1.82) is 0 Å².